The Labute approximate surface area is 164 Å². The van der Waals surface area contributed by atoms with Crippen LogP contribution in [0.1, 0.15) is 36.8 Å². The number of nitro groups is 1. The summed E-state index contributed by atoms with van der Waals surface area (Å²) in [6, 6.07) is 10.5. The van der Waals surface area contributed by atoms with Crippen LogP contribution < -0.4 is 10.1 Å². The van der Waals surface area contributed by atoms with Gasteiger partial charge in [-0.2, -0.15) is 0 Å². The number of hydrogen-bond acceptors (Lipinski definition) is 6. The van der Waals surface area contributed by atoms with Gasteiger partial charge in [0.05, 0.1) is 18.6 Å². The minimum atomic E-state index is -0.417. The third-order valence-electron chi connectivity index (χ3n) is 4.47. The second-order valence-corrected chi connectivity index (χ2v) is 6.60. The van der Waals surface area contributed by atoms with Gasteiger partial charge in [-0.25, -0.2) is 0 Å². The smallest absolute Gasteiger partial charge is 0.305 e. The Kier molecular flexibility index (Phi) is 7.80. The minimum absolute atomic E-state index is 0.0105. The molecule has 0 aliphatic heterocycles. The second-order valence-electron chi connectivity index (χ2n) is 6.60. The molecule has 2 rings (SSSR count). The molecule has 0 atom stereocenters. The minimum Gasteiger partial charge on any atom is -0.494 e. The highest BCUT2D eigenvalue weighted by atomic mass is 16.6. The van der Waals surface area contributed by atoms with Crippen LogP contribution in [0.5, 0.6) is 5.75 Å². The standard InChI is InChI=1S/C21H26N2O5/c1-15-8-9-17(13-16(15)2)22-19-14-18(10-11-20(19)23(25)26)28-12-6-4-5-7-21(24)27-3/h8-11,13-14,22H,4-7,12H2,1-3H3. The topological polar surface area (TPSA) is 90.7 Å². The van der Waals surface area contributed by atoms with Crippen molar-refractivity contribution in [1.82, 2.24) is 0 Å². The highest BCUT2D eigenvalue weighted by Crippen LogP contribution is 2.32. The summed E-state index contributed by atoms with van der Waals surface area (Å²) in [6.45, 7) is 4.48. The van der Waals surface area contributed by atoms with E-state index in [2.05, 4.69) is 10.1 Å². The number of benzene rings is 2. The first kappa shape index (κ1) is 21.2. The second kappa shape index (κ2) is 10.3. The Balaban J connectivity index is 1.99. The zero-order valence-corrected chi connectivity index (χ0v) is 16.5. The van der Waals surface area contributed by atoms with E-state index in [9.17, 15) is 14.9 Å². The highest BCUT2D eigenvalue weighted by molar-refractivity contribution is 5.71. The van der Waals surface area contributed by atoms with Crippen LogP contribution in [0.25, 0.3) is 0 Å². The lowest BCUT2D eigenvalue weighted by atomic mass is 10.1. The van der Waals surface area contributed by atoms with Crippen molar-refractivity contribution in [3.05, 3.63) is 57.6 Å². The number of carbonyl (C=O) groups excluding carboxylic acids is 1. The van der Waals surface area contributed by atoms with Crippen molar-refractivity contribution in [3.63, 3.8) is 0 Å². The molecule has 7 nitrogen and oxygen atoms in total. The molecule has 0 aromatic heterocycles. The molecule has 2 aromatic carbocycles. The van der Waals surface area contributed by atoms with Crippen LogP contribution in [0.2, 0.25) is 0 Å². The van der Waals surface area contributed by atoms with Gasteiger partial charge in [-0.3, -0.25) is 14.9 Å². The van der Waals surface area contributed by atoms with Crippen LogP contribution >= 0.6 is 0 Å². The van der Waals surface area contributed by atoms with E-state index in [4.69, 9.17) is 4.74 Å². The van der Waals surface area contributed by atoms with E-state index in [1.54, 1.807) is 12.1 Å². The summed E-state index contributed by atoms with van der Waals surface area (Å²) >= 11 is 0. The summed E-state index contributed by atoms with van der Waals surface area (Å²) in [4.78, 5) is 22.0. The first-order valence-corrected chi connectivity index (χ1v) is 9.23. The van der Waals surface area contributed by atoms with Crippen LogP contribution in [0.4, 0.5) is 17.1 Å². The number of carbonyl (C=O) groups is 1. The maximum Gasteiger partial charge on any atom is 0.305 e. The van der Waals surface area contributed by atoms with Gasteiger partial charge < -0.3 is 14.8 Å². The van der Waals surface area contributed by atoms with Crippen LogP contribution in [0.3, 0.4) is 0 Å². The Morgan fingerprint density at radius 1 is 1.07 bits per heavy atom. The van der Waals surface area contributed by atoms with Gasteiger partial charge in [-0.1, -0.05) is 6.07 Å². The highest BCUT2D eigenvalue weighted by Gasteiger charge is 2.15. The maximum absolute atomic E-state index is 11.3. The summed E-state index contributed by atoms with van der Waals surface area (Å²) in [7, 11) is 1.38. The van der Waals surface area contributed by atoms with E-state index in [0.717, 1.165) is 36.1 Å². The number of aryl methyl sites for hydroxylation is 2. The Bertz CT molecular complexity index is 836. The normalized spacial score (nSPS) is 10.4. The predicted octanol–water partition coefficient (Wildman–Crippen LogP) is 5.07. The Hall–Kier alpha value is -3.09. The van der Waals surface area contributed by atoms with Crippen LogP contribution in [-0.4, -0.2) is 24.6 Å². The molecule has 0 amide bonds. The number of hydrogen-bond donors (Lipinski definition) is 1. The monoisotopic (exact) mass is 386 g/mol. The number of anilines is 2. The largest absolute Gasteiger partial charge is 0.494 e. The van der Waals surface area contributed by atoms with E-state index in [1.807, 2.05) is 32.0 Å². The molecular weight excluding hydrogens is 360 g/mol. The number of methoxy groups -OCH3 is 1. The molecule has 0 radical (unpaired) electrons. The average Bonchev–Trinajstić information content (AvgIpc) is 2.67. The van der Waals surface area contributed by atoms with Gasteiger partial charge in [0, 0.05) is 24.2 Å². The third-order valence-corrected chi connectivity index (χ3v) is 4.47. The molecular formula is C21H26N2O5. The first-order valence-electron chi connectivity index (χ1n) is 9.23. The van der Waals surface area contributed by atoms with Gasteiger partial charge in [-0.15, -0.1) is 0 Å². The Morgan fingerprint density at radius 3 is 2.54 bits per heavy atom. The van der Waals surface area contributed by atoms with Gasteiger partial charge in [0.2, 0.25) is 0 Å². The third kappa shape index (κ3) is 6.26. The fourth-order valence-corrected chi connectivity index (χ4v) is 2.68. The van der Waals surface area contributed by atoms with Crippen molar-refractivity contribution in [2.75, 3.05) is 19.0 Å². The summed E-state index contributed by atoms with van der Waals surface area (Å²) < 4.78 is 10.3. The number of nitrogens with one attached hydrogen (secondary N) is 1. The molecule has 0 unspecified atom stereocenters. The van der Waals surface area contributed by atoms with Gasteiger partial charge in [0.25, 0.3) is 5.69 Å². The lowest BCUT2D eigenvalue weighted by Gasteiger charge is -2.12. The van der Waals surface area contributed by atoms with E-state index in [0.29, 0.717) is 24.5 Å². The molecule has 0 saturated carbocycles. The number of esters is 1. The number of nitro benzene ring substituents is 1. The molecule has 0 bridgehead atoms. The molecule has 1 N–H and O–H groups in total. The van der Waals surface area contributed by atoms with Gasteiger partial charge in [0.1, 0.15) is 11.4 Å². The van der Waals surface area contributed by atoms with Crippen molar-refractivity contribution in [2.45, 2.75) is 39.5 Å². The van der Waals surface area contributed by atoms with Gasteiger partial charge in [0.15, 0.2) is 0 Å². The zero-order valence-electron chi connectivity index (χ0n) is 16.5. The number of nitrogens with zero attached hydrogens (tertiary/aromatic N) is 1. The zero-order chi connectivity index (χ0) is 20.5. The molecule has 0 saturated heterocycles. The fourth-order valence-electron chi connectivity index (χ4n) is 2.68. The predicted molar refractivity (Wildman–Crippen MR) is 108 cm³/mol. The summed E-state index contributed by atoms with van der Waals surface area (Å²) in [5.74, 6) is 0.350. The first-order chi connectivity index (χ1) is 13.4. The van der Waals surface area contributed by atoms with Crippen molar-refractivity contribution in [2.24, 2.45) is 0 Å². The van der Waals surface area contributed by atoms with E-state index in [1.165, 1.54) is 13.2 Å². The van der Waals surface area contributed by atoms with E-state index < -0.39 is 4.92 Å². The summed E-state index contributed by atoms with van der Waals surface area (Å²) in [5, 5.41) is 14.5. The molecule has 150 valence electrons. The molecule has 0 fully saturated rings. The SMILES string of the molecule is COC(=O)CCCCCOc1ccc([N+](=O)[O-])c(Nc2ccc(C)c(C)c2)c1. The van der Waals surface area contributed by atoms with Crippen molar-refractivity contribution in [1.29, 1.82) is 0 Å². The molecule has 0 aliphatic carbocycles. The maximum atomic E-state index is 11.3. The quantitative estimate of drug-likeness (QED) is 0.265. The van der Waals surface area contributed by atoms with Crippen LogP contribution in [0.15, 0.2) is 36.4 Å². The molecule has 0 heterocycles. The lowest BCUT2D eigenvalue weighted by molar-refractivity contribution is -0.383. The molecule has 2 aromatic rings. The Morgan fingerprint density at radius 2 is 1.86 bits per heavy atom. The van der Waals surface area contributed by atoms with Crippen molar-refractivity contribution in [3.8, 4) is 5.75 Å². The molecule has 0 aliphatic rings. The number of unbranched alkanes of at least 4 members (excludes halogenated alkanes) is 2. The molecule has 0 spiro atoms. The summed E-state index contributed by atoms with van der Waals surface area (Å²) in [6.07, 6.45) is 2.78. The lowest BCUT2D eigenvalue weighted by Crippen LogP contribution is -2.02. The number of rotatable bonds is 10. The van der Waals surface area contributed by atoms with Crippen molar-refractivity contribution >= 4 is 23.0 Å². The van der Waals surface area contributed by atoms with Gasteiger partial charge in [-0.05, 0) is 62.4 Å². The van der Waals surface area contributed by atoms with Crippen LogP contribution in [0, 0.1) is 24.0 Å². The van der Waals surface area contributed by atoms with E-state index >= 15 is 0 Å². The fraction of sp³-hybridized carbons (Fsp3) is 0.381. The van der Waals surface area contributed by atoms with Gasteiger partial charge >= 0.3 is 5.97 Å². The summed E-state index contributed by atoms with van der Waals surface area (Å²) in [5.41, 5.74) is 3.42. The average molecular weight is 386 g/mol. The molecule has 28 heavy (non-hydrogen) atoms. The number of ether oxygens (including phenoxy) is 2. The van der Waals surface area contributed by atoms with Crippen LogP contribution in [-0.2, 0) is 9.53 Å². The van der Waals surface area contributed by atoms with E-state index in [-0.39, 0.29) is 11.7 Å². The van der Waals surface area contributed by atoms with Crippen molar-refractivity contribution < 1.29 is 19.2 Å². The molecule has 7 heteroatoms.